The zero-order valence-electron chi connectivity index (χ0n) is 31.8. The Morgan fingerprint density at radius 3 is 1.66 bits per heavy atom. The normalized spacial score (nSPS) is 24.1. The van der Waals surface area contributed by atoms with Crippen LogP contribution >= 0.6 is 0 Å². The molecule has 1 saturated heterocycles. The molecule has 1 aliphatic heterocycles. The molecule has 8 N–H and O–H groups in total. The minimum absolute atomic E-state index is 0.264. The maximum Gasteiger partial charge on any atom is 0.249 e. The summed E-state index contributed by atoms with van der Waals surface area (Å²) in [6.45, 7) is 5.69. The van der Waals surface area contributed by atoms with Gasteiger partial charge in [-0.1, -0.05) is 156 Å². The van der Waals surface area contributed by atoms with Crippen LogP contribution in [0.25, 0.3) is 0 Å². The van der Waals surface area contributed by atoms with Crippen molar-refractivity contribution in [3.63, 3.8) is 0 Å². The number of carbonyl (C=O) groups is 1. The van der Waals surface area contributed by atoms with Crippen molar-refractivity contribution in [2.75, 3.05) is 13.2 Å². The first kappa shape index (κ1) is 47.1. The van der Waals surface area contributed by atoms with Gasteiger partial charge in [0.25, 0.3) is 0 Å². The van der Waals surface area contributed by atoms with Crippen LogP contribution in [0.2, 0.25) is 0 Å². The zero-order valence-corrected chi connectivity index (χ0v) is 31.8. The predicted molar refractivity (Wildman–Crippen MR) is 196 cm³/mol. The monoisotopic (exact) mass is 720 g/mol. The van der Waals surface area contributed by atoms with E-state index in [1.165, 1.54) is 83.5 Å². The van der Waals surface area contributed by atoms with Crippen LogP contribution < -0.4 is 5.32 Å². The Morgan fingerprint density at radius 2 is 1.16 bits per heavy atom. The Morgan fingerprint density at radius 1 is 0.680 bits per heavy atom. The second kappa shape index (κ2) is 29.6. The van der Waals surface area contributed by atoms with Gasteiger partial charge in [0.2, 0.25) is 5.91 Å². The van der Waals surface area contributed by atoms with Gasteiger partial charge in [-0.25, -0.2) is 0 Å². The van der Waals surface area contributed by atoms with Crippen molar-refractivity contribution >= 4 is 5.91 Å². The van der Waals surface area contributed by atoms with Crippen molar-refractivity contribution in [2.45, 2.75) is 224 Å². The third-order valence-corrected chi connectivity index (χ3v) is 10.5. The van der Waals surface area contributed by atoms with Gasteiger partial charge < -0.3 is 50.5 Å². The second-order valence-electron chi connectivity index (χ2n) is 15.0. The van der Waals surface area contributed by atoms with Gasteiger partial charge in [-0.3, -0.25) is 4.79 Å². The Hall–Kier alpha value is -0.890. The van der Waals surface area contributed by atoms with Crippen molar-refractivity contribution in [1.82, 2.24) is 5.32 Å². The van der Waals surface area contributed by atoms with Gasteiger partial charge in [0, 0.05) is 0 Å². The van der Waals surface area contributed by atoms with Crippen LogP contribution in [0.5, 0.6) is 0 Å². The van der Waals surface area contributed by atoms with Crippen molar-refractivity contribution in [3.8, 4) is 0 Å². The predicted octanol–water partition coefficient (Wildman–Crippen LogP) is 5.02. The molecule has 11 heteroatoms. The fraction of sp³-hybridized carbons (Fsp3) is 0.974. The van der Waals surface area contributed by atoms with E-state index in [0.717, 1.165) is 44.4 Å². The van der Waals surface area contributed by atoms with Crippen LogP contribution in [0.1, 0.15) is 168 Å². The first-order valence-electron chi connectivity index (χ1n) is 20.3. The Balaban J connectivity index is 2.56. The largest absolute Gasteiger partial charge is 0.394 e. The number of amides is 1. The van der Waals surface area contributed by atoms with Crippen LogP contribution in [0, 0.1) is 5.92 Å². The number of aliphatic hydroxyl groups excluding tert-OH is 7. The molecule has 0 saturated carbocycles. The quantitative estimate of drug-likeness (QED) is 0.0439. The maximum atomic E-state index is 13.0. The van der Waals surface area contributed by atoms with Gasteiger partial charge in [-0.05, 0) is 18.8 Å². The SMILES string of the molecule is CCCCCCCCCCCCCCC(O)C(=O)NC(COC1OC(CO)C(O)C(O)C1O)C(O)C(O)CCCCCCCCCC(C)CC. The first-order chi connectivity index (χ1) is 24.1. The number of carbonyl (C=O) groups excluding carboxylic acids is 1. The molecule has 1 heterocycles. The lowest BCUT2D eigenvalue weighted by Gasteiger charge is -2.40. The summed E-state index contributed by atoms with van der Waals surface area (Å²) in [4.78, 5) is 13.0. The van der Waals surface area contributed by atoms with Gasteiger partial charge in [-0.15, -0.1) is 0 Å². The lowest BCUT2D eigenvalue weighted by Crippen LogP contribution is -2.60. The standard InChI is InChI=1S/C39H77NO10/c1-4-6-7-8-9-10-11-12-13-16-20-23-26-32(43)38(48)40-30(28-49-39-37(47)36(46)35(45)33(27-41)50-39)34(44)31(42)25-22-19-17-14-15-18-21-24-29(3)5-2/h29-37,39,41-47H,4-28H2,1-3H3,(H,40,48). The molecular formula is C39H77NO10. The Labute approximate surface area is 303 Å². The molecule has 1 aliphatic rings. The molecule has 0 radical (unpaired) electrons. The number of aliphatic hydroxyl groups is 7. The van der Waals surface area contributed by atoms with Gasteiger partial charge in [-0.2, -0.15) is 0 Å². The van der Waals surface area contributed by atoms with Crippen LogP contribution in [0.4, 0.5) is 0 Å². The topological polar surface area (TPSA) is 189 Å². The molecule has 1 fully saturated rings. The Bertz CT molecular complexity index is 805. The summed E-state index contributed by atoms with van der Waals surface area (Å²) < 4.78 is 11.0. The van der Waals surface area contributed by atoms with Crippen molar-refractivity contribution in [2.24, 2.45) is 5.92 Å². The summed E-state index contributed by atoms with van der Waals surface area (Å²) in [5.41, 5.74) is 0. The maximum absolute atomic E-state index is 13.0. The van der Waals surface area contributed by atoms with Crippen molar-refractivity contribution in [3.05, 3.63) is 0 Å². The molecule has 0 aromatic rings. The van der Waals surface area contributed by atoms with Crippen LogP contribution in [0.3, 0.4) is 0 Å². The van der Waals surface area contributed by atoms with Gasteiger partial charge in [0.1, 0.15) is 36.6 Å². The molecule has 0 aromatic heterocycles. The van der Waals surface area contributed by atoms with Crippen LogP contribution in [-0.2, 0) is 14.3 Å². The van der Waals surface area contributed by atoms with Gasteiger partial charge in [0.05, 0.1) is 25.4 Å². The fourth-order valence-corrected chi connectivity index (χ4v) is 6.59. The van der Waals surface area contributed by atoms with E-state index in [1.54, 1.807) is 0 Å². The molecule has 0 aromatic carbocycles. The number of nitrogens with one attached hydrogen (secondary N) is 1. The average Bonchev–Trinajstić information content (AvgIpc) is 3.11. The van der Waals surface area contributed by atoms with Crippen LogP contribution in [0.15, 0.2) is 0 Å². The number of hydrogen-bond acceptors (Lipinski definition) is 10. The Kier molecular flexibility index (Phi) is 27.9. The second-order valence-corrected chi connectivity index (χ2v) is 15.0. The highest BCUT2D eigenvalue weighted by Crippen LogP contribution is 2.23. The highest BCUT2D eigenvalue weighted by molar-refractivity contribution is 5.80. The smallest absolute Gasteiger partial charge is 0.249 e. The van der Waals surface area contributed by atoms with Crippen molar-refractivity contribution < 1.29 is 50.0 Å². The number of ether oxygens (including phenoxy) is 2. The summed E-state index contributed by atoms with van der Waals surface area (Å²) in [5, 5.41) is 75.2. The molecule has 10 atom stereocenters. The molecule has 10 unspecified atom stereocenters. The molecule has 298 valence electrons. The van der Waals surface area contributed by atoms with Gasteiger partial charge in [0.15, 0.2) is 6.29 Å². The van der Waals surface area contributed by atoms with Crippen LogP contribution in [-0.4, -0.2) is 110 Å². The van der Waals surface area contributed by atoms with E-state index in [-0.39, 0.29) is 6.42 Å². The lowest BCUT2D eigenvalue weighted by molar-refractivity contribution is -0.303. The molecule has 0 aliphatic carbocycles. The first-order valence-corrected chi connectivity index (χ1v) is 20.3. The number of unbranched alkanes of at least 4 members (excludes halogenated alkanes) is 17. The van der Waals surface area contributed by atoms with E-state index < -0.39 is 74.2 Å². The highest BCUT2D eigenvalue weighted by Gasteiger charge is 2.44. The summed E-state index contributed by atoms with van der Waals surface area (Å²) >= 11 is 0. The van der Waals surface area contributed by atoms with E-state index in [1.807, 2.05) is 0 Å². The van der Waals surface area contributed by atoms with E-state index in [9.17, 15) is 40.5 Å². The fourth-order valence-electron chi connectivity index (χ4n) is 6.59. The average molecular weight is 720 g/mol. The summed E-state index contributed by atoms with van der Waals surface area (Å²) in [6, 6.07) is -1.16. The third-order valence-electron chi connectivity index (χ3n) is 10.5. The summed E-state index contributed by atoms with van der Waals surface area (Å²) in [7, 11) is 0. The van der Waals surface area contributed by atoms with E-state index in [4.69, 9.17) is 9.47 Å². The lowest BCUT2D eigenvalue weighted by atomic mass is 9.98. The summed E-state index contributed by atoms with van der Waals surface area (Å²) in [5.74, 6) is 0.0802. The van der Waals surface area contributed by atoms with E-state index >= 15 is 0 Å². The van der Waals surface area contributed by atoms with Gasteiger partial charge >= 0.3 is 0 Å². The number of hydrogen-bond donors (Lipinski definition) is 8. The molecule has 1 rings (SSSR count). The minimum Gasteiger partial charge on any atom is -0.394 e. The van der Waals surface area contributed by atoms with E-state index in [0.29, 0.717) is 19.3 Å². The van der Waals surface area contributed by atoms with Crippen molar-refractivity contribution in [1.29, 1.82) is 0 Å². The number of rotatable bonds is 32. The van der Waals surface area contributed by atoms with E-state index in [2.05, 4.69) is 26.1 Å². The molecule has 0 bridgehead atoms. The third kappa shape index (κ3) is 20.4. The molecule has 11 nitrogen and oxygen atoms in total. The highest BCUT2D eigenvalue weighted by atomic mass is 16.7. The molecular weight excluding hydrogens is 642 g/mol. The zero-order chi connectivity index (χ0) is 37.1. The minimum atomic E-state index is -1.65. The molecule has 0 spiro atoms. The molecule has 1 amide bonds. The summed E-state index contributed by atoms with van der Waals surface area (Å²) in [6.07, 6.45) is 13.1. The molecule has 50 heavy (non-hydrogen) atoms.